The van der Waals surface area contributed by atoms with Crippen LogP contribution in [0.25, 0.3) is 0 Å². The number of piperidine rings is 1. The van der Waals surface area contributed by atoms with Crippen molar-refractivity contribution >= 4 is 27.3 Å². The maximum Gasteiger partial charge on any atom is 0.252 e. The minimum atomic E-state index is -3.42. The number of rotatable bonds is 6. The van der Waals surface area contributed by atoms with Crippen molar-refractivity contribution in [2.45, 2.75) is 57.2 Å². The Kier molecular flexibility index (Phi) is 6.45. The van der Waals surface area contributed by atoms with Crippen molar-refractivity contribution in [3.8, 4) is 0 Å². The number of thiophene rings is 1. The summed E-state index contributed by atoms with van der Waals surface area (Å²) in [7, 11) is -3.42. The third-order valence-corrected chi connectivity index (χ3v) is 8.37. The number of aryl methyl sites for hydroxylation is 1. The Morgan fingerprint density at radius 2 is 1.92 bits per heavy atom. The van der Waals surface area contributed by atoms with Gasteiger partial charge in [-0.25, -0.2) is 8.42 Å². The van der Waals surface area contributed by atoms with Gasteiger partial charge in [0.25, 0.3) is 10.0 Å². The maximum absolute atomic E-state index is 12.7. The first kappa shape index (κ1) is 19.4. The Hall–Kier alpha value is -0.920. The lowest BCUT2D eigenvalue weighted by Gasteiger charge is -2.31. The van der Waals surface area contributed by atoms with Crippen molar-refractivity contribution in [1.82, 2.24) is 9.62 Å². The monoisotopic (exact) mass is 372 g/mol. The van der Waals surface area contributed by atoms with Crippen LogP contribution in [-0.2, 0) is 21.2 Å². The van der Waals surface area contributed by atoms with Gasteiger partial charge < -0.3 is 5.32 Å². The fourth-order valence-corrected chi connectivity index (χ4v) is 5.60. The topological polar surface area (TPSA) is 66.5 Å². The molecule has 0 aromatic carbocycles. The second-order valence-corrected chi connectivity index (χ2v) is 10.1. The molecule has 1 aromatic rings. The third kappa shape index (κ3) is 4.37. The van der Waals surface area contributed by atoms with Gasteiger partial charge in [0.15, 0.2) is 0 Å². The van der Waals surface area contributed by atoms with Crippen LogP contribution in [0.3, 0.4) is 0 Å². The van der Waals surface area contributed by atoms with Crippen LogP contribution in [0.1, 0.15) is 45.4 Å². The Balaban J connectivity index is 1.95. The zero-order chi connectivity index (χ0) is 17.9. The highest BCUT2D eigenvalue weighted by molar-refractivity contribution is 7.91. The first-order valence-corrected chi connectivity index (χ1v) is 10.9. The van der Waals surface area contributed by atoms with E-state index in [0.717, 1.165) is 11.3 Å². The Labute approximate surface area is 149 Å². The highest BCUT2D eigenvalue weighted by Gasteiger charge is 2.33. The molecule has 1 aliphatic heterocycles. The van der Waals surface area contributed by atoms with Crippen LogP contribution >= 0.6 is 11.3 Å². The van der Waals surface area contributed by atoms with Crippen molar-refractivity contribution in [2.75, 3.05) is 13.1 Å². The predicted molar refractivity (Wildman–Crippen MR) is 97.6 cm³/mol. The van der Waals surface area contributed by atoms with Crippen LogP contribution in [0.2, 0.25) is 0 Å². The normalized spacial score (nSPS) is 18.7. The summed E-state index contributed by atoms with van der Waals surface area (Å²) in [5, 5.41) is 3.04. The van der Waals surface area contributed by atoms with Crippen molar-refractivity contribution in [3.05, 3.63) is 17.0 Å². The van der Waals surface area contributed by atoms with Crippen molar-refractivity contribution in [1.29, 1.82) is 0 Å². The summed E-state index contributed by atoms with van der Waals surface area (Å²) in [6, 6.07) is 3.71. The fourth-order valence-electron chi connectivity index (χ4n) is 2.68. The first-order valence-electron chi connectivity index (χ1n) is 8.65. The summed E-state index contributed by atoms with van der Waals surface area (Å²) in [5.41, 5.74) is 0. The van der Waals surface area contributed by atoms with E-state index >= 15 is 0 Å². The fraction of sp³-hybridized carbons (Fsp3) is 0.706. The lowest BCUT2D eigenvalue weighted by atomic mass is 9.96. The maximum atomic E-state index is 12.7. The molecule has 0 saturated carbocycles. The standard InChI is InChI=1S/C17H28N2O3S2/c1-5-15-6-7-16(23-15)24(21,22)19-10-8-14(9-11-19)17(20)18-13(4)12(2)3/h6-7,12-14H,5,8-11H2,1-4H3,(H,18,20)/t13-/m1/s1. The highest BCUT2D eigenvalue weighted by atomic mass is 32.2. The molecule has 0 radical (unpaired) electrons. The molecule has 0 unspecified atom stereocenters. The zero-order valence-corrected chi connectivity index (χ0v) is 16.5. The van der Waals surface area contributed by atoms with Gasteiger partial charge in [-0.15, -0.1) is 11.3 Å². The molecule has 2 rings (SSSR count). The van der Waals surface area contributed by atoms with Crippen LogP contribution < -0.4 is 5.32 Å². The lowest BCUT2D eigenvalue weighted by molar-refractivity contribution is -0.127. The van der Waals surface area contributed by atoms with Gasteiger partial charge in [0.2, 0.25) is 5.91 Å². The van der Waals surface area contributed by atoms with Crippen LogP contribution in [0.5, 0.6) is 0 Å². The third-order valence-electron chi connectivity index (χ3n) is 4.77. The molecule has 2 heterocycles. The second kappa shape index (κ2) is 7.97. The van der Waals surface area contributed by atoms with Gasteiger partial charge >= 0.3 is 0 Å². The van der Waals surface area contributed by atoms with E-state index < -0.39 is 10.0 Å². The summed E-state index contributed by atoms with van der Waals surface area (Å²) in [5.74, 6) is 0.353. The molecule has 24 heavy (non-hydrogen) atoms. The average Bonchev–Trinajstić information content (AvgIpc) is 3.04. The predicted octanol–water partition coefficient (Wildman–Crippen LogP) is 2.87. The highest BCUT2D eigenvalue weighted by Crippen LogP contribution is 2.28. The number of nitrogens with zero attached hydrogens (tertiary/aromatic N) is 1. The van der Waals surface area contributed by atoms with E-state index in [0.29, 0.717) is 36.1 Å². The number of hydrogen-bond donors (Lipinski definition) is 1. The summed E-state index contributed by atoms with van der Waals surface area (Å²) in [6.45, 7) is 9.00. The quantitative estimate of drug-likeness (QED) is 0.835. The summed E-state index contributed by atoms with van der Waals surface area (Å²) in [6.07, 6.45) is 2.01. The summed E-state index contributed by atoms with van der Waals surface area (Å²) >= 11 is 1.34. The van der Waals surface area contributed by atoms with Gasteiger partial charge in [0.1, 0.15) is 4.21 Å². The molecule has 1 aliphatic rings. The van der Waals surface area contributed by atoms with E-state index in [2.05, 4.69) is 19.2 Å². The number of nitrogens with one attached hydrogen (secondary N) is 1. The Morgan fingerprint density at radius 1 is 1.29 bits per heavy atom. The van der Waals surface area contributed by atoms with E-state index in [1.807, 2.05) is 19.9 Å². The minimum absolute atomic E-state index is 0.0534. The number of carbonyl (C=O) groups is 1. The number of sulfonamides is 1. The Morgan fingerprint density at radius 3 is 2.42 bits per heavy atom. The lowest BCUT2D eigenvalue weighted by Crippen LogP contribution is -2.45. The van der Waals surface area contributed by atoms with Gasteiger partial charge in [-0.1, -0.05) is 20.8 Å². The molecule has 0 bridgehead atoms. The van der Waals surface area contributed by atoms with Crippen LogP contribution in [0.15, 0.2) is 16.3 Å². The number of hydrogen-bond acceptors (Lipinski definition) is 4. The molecule has 1 amide bonds. The summed E-state index contributed by atoms with van der Waals surface area (Å²) in [4.78, 5) is 13.4. The summed E-state index contributed by atoms with van der Waals surface area (Å²) < 4.78 is 27.3. The molecule has 1 saturated heterocycles. The largest absolute Gasteiger partial charge is 0.353 e. The van der Waals surface area contributed by atoms with E-state index in [-0.39, 0.29) is 17.9 Å². The molecule has 136 valence electrons. The van der Waals surface area contributed by atoms with Crippen LogP contribution in [-0.4, -0.2) is 37.8 Å². The molecular formula is C17H28N2O3S2. The molecule has 1 N–H and O–H groups in total. The van der Waals surface area contributed by atoms with E-state index in [4.69, 9.17) is 0 Å². The first-order chi connectivity index (χ1) is 11.3. The molecule has 7 heteroatoms. The molecule has 1 atom stereocenters. The number of carbonyl (C=O) groups excluding carboxylic acids is 1. The van der Waals surface area contributed by atoms with E-state index in [9.17, 15) is 13.2 Å². The van der Waals surface area contributed by atoms with Crippen LogP contribution in [0.4, 0.5) is 0 Å². The average molecular weight is 373 g/mol. The van der Waals surface area contributed by atoms with Crippen molar-refractivity contribution in [3.63, 3.8) is 0 Å². The van der Waals surface area contributed by atoms with Crippen LogP contribution in [0, 0.1) is 11.8 Å². The SMILES string of the molecule is CCc1ccc(S(=O)(=O)N2CCC(C(=O)N[C@H](C)C(C)C)CC2)s1. The minimum Gasteiger partial charge on any atom is -0.353 e. The number of amides is 1. The van der Waals surface area contributed by atoms with Gasteiger partial charge in [0, 0.05) is 29.9 Å². The van der Waals surface area contributed by atoms with Crippen molar-refractivity contribution in [2.24, 2.45) is 11.8 Å². The Bertz CT molecular complexity index is 659. The van der Waals surface area contributed by atoms with Gasteiger partial charge in [-0.05, 0) is 44.2 Å². The molecule has 5 nitrogen and oxygen atoms in total. The molecule has 1 aromatic heterocycles. The molecule has 1 fully saturated rings. The van der Waals surface area contributed by atoms with Gasteiger partial charge in [-0.3, -0.25) is 4.79 Å². The molecule has 0 spiro atoms. The van der Waals surface area contributed by atoms with Gasteiger partial charge in [0.05, 0.1) is 0 Å². The van der Waals surface area contributed by atoms with E-state index in [1.165, 1.54) is 15.6 Å². The van der Waals surface area contributed by atoms with Crippen molar-refractivity contribution < 1.29 is 13.2 Å². The van der Waals surface area contributed by atoms with E-state index in [1.54, 1.807) is 6.07 Å². The molecule has 0 aliphatic carbocycles. The molecular weight excluding hydrogens is 344 g/mol. The van der Waals surface area contributed by atoms with Gasteiger partial charge in [-0.2, -0.15) is 4.31 Å². The smallest absolute Gasteiger partial charge is 0.252 e. The second-order valence-electron chi connectivity index (χ2n) is 6.79. The zero-order valence-electron chi connectivity index (χ0n) is 14.9.